The van der Waals surface area contributed by atoms with Gasteiger partial charge in [-0.05, 0) is 70.4 Å². The van der Waals surface area contributed by atoms with E-state index in [1.807, 2.05) is 20.8 Å². The fourth-order valence-electron chi connectivity index (χ4n) is 5.42. The summed E-state index contributed by atoms with van der Waals surface area (Å²) >= 11 is 0. The molecule has 1 amide bonds. The van der Waals surface area contributed by atoms with Crippen LogP contribution in [0.5, 0.6) is 11.5 Å². The Morgan fingerprint density at radius 1 is 1.20 bits per heavy atom. The predicted octanol–water partition coefficient (Wildman–Crippen LogP) is 4.81. The minimum absolute atomic E-state index is 0.0451. The number of aromatic nitrogens is 2. The zero-order valence-corrected chi connectivity index (χ0v) is 26.6. The molecule has 1 atom stereocenters. The maximum Gasteiger partial charge on any atom is 0.410 e. The molecule has 1 unspecified atom stereocenters. The number of anilines is 1. The first-order valence-corrected chi connectivity index (χ1v) is 16.1. The van der Waals surface area contributed by atoms with Crippen LogP contribution in [0.2, 0.25) is 0 Å². The van der Waals surface area contributed by atoms with Crippen LogP contribution in [0.25, 0.3) is 10.9 Å². The Labute approximate surface area is 260 Å². The maximum atomic E-state index is 15.3. The van der Waals surface area contributed by atoms with Gasteiger partial charge in [0.1, 0.15) is 11.4 Å². The highest BCUT2D eigenvalue weighted by atomic mass is 32.2. The molecular formula is C30H37F2N5O7S. The molecule has 0 bridgehead atoms. The van der Waals surface area contributed by atoms with Crippen LogP contribution in [0.1, 0.15) is 53.0 Å². The first kappa shape index (κ1) is 32.6. The van der Waals surface area contributed by atoms with Crippen LogP contribution in [0.3, 0.4) is 0 Å². The average Bonchev–Trinajstić information content (AvgIpc) is 3.38. The predicted molar refractivity (Wildman–Crippen MR) is 163 cm³/mol. The number of carbonyl (C=O) groups is 1. The number of rotatable bonds is 7. The van der Waals surface area contributed by atoms with Gasteiger partial charge >= 0.3 is 16.3 Å². The van der Waals surface area contributed by atoms with Crippen LogP contribution in [-0.4, -0.2) is 77.8 Å². The first-order valence-electron chi connectivity index (χ1n) is 14.6. The standard InChI is InChI=1S/C30H37F2N5O7S/c1-6-35(5)45(40,41)34-24-10-8-22(31)26(25(24)32)43-20-7-9-23-21(15-20)27(38)37(18-33-23)19-16-30(42-17-19)11-13-36(14-12-30)28(39)44-29(2,3)4/h7-10,15,18-19,34H,6,11-14,16-17H2,1-5H3. The highest BCUT2D eigenvalue weighted by Gasteiger charge is 2.45. The number of likely N-dealkylation sites (tertiary alicyclic amines) is 1. The zero-order valence-electron chi connectivity index (χ0n) is 25.8. The summed E-state index contributed by atoms with van der Waals surface area (Å²) in [4.78, 5) is 32.2. The van der Waals surface area contributed by atoms with Gasteiger partial charge in [0.25, 0.3) is 5.56 Å². The van der Waals surface area contributed by atoms with Crippen LogP contribution in [0.15, 0.2) is 41.5 Å². The number of benzene rings is 2. The quantitative estimate of drug-likeness (QED) is 0.386. The number of halogens is 2. The minimum atomic E-state index is -4.08. The van der Waals surface area contributed by atoms with Crippen LogP contribution in [0, 0.1) is 11.6 Å². The van der Waals surface area contributed by atoms with Gasteiger partial charge in [-0.2, -0.15) is 12.7 Å². The molecule has 3 aromatic rings. The molecule has 12 nitrogen and oxygen atoms in total. The molecule has 5 rings (SSSR count). The van der Waals surface area contributed by atoms with E-state index in [2.05, 4.69) is 9.71 Å². The van der Waals surface area contributed by atoms with Crippen molar-refractivity contribution in [2.45, 2.75) is 64.2 Å². The molecule has 15 heteroatoms. The summed E-state index contributed by atoms with van der Waals surface area (Å²) in [6, 6.07) is 5.77. The Bertz CT molecular complexity index is 1770. The average molecular weight is 650 g/mol. The largest absolute Gasteiger partial charge is 0.451 e. The topological polar surface area (TPSA) is 132 Å². The molecule has 2 aromatic carbocycles. The second-order valence-corrected chi connectivity index (χ2v) is 14.1. The van der Waals surface area contributed by atoms with Crippen molar-refractivity contribution in [2.24, 2.45) is 0 Å². The van der Waals surface area contributed by atoms with Crippen LogP contribution in [0.4, 0.5) is 19.3 Å². The van der Waals surface area contributed by atoms with Crippen molar-refractivity contribution in [1.82, 2.24) is 18.8 Å². The van der Waals surface area contributed by atoms with E-state index in [0.717, 1.165) is 16.4 Å². The second kappa shape index (κ2) is 12.2. The molecule has 0 saturated carbocycles. The van der Waals surface area contributed by atoms with E-state index in [0.29, 0.717) is 37.9 Å². The van der Waals surface area contributed by atoms with Crippen LogP contribution < -0.4 is 15.0 Å². The van der Waals surface area contributed by atoms with Gasteiger partial charge in [0.05, 0.1) is 41.2 Å². The van der Waals surface area contributed by atoms with E-state index >= 15 is 4.39 Å². The van der Waals surface area contributed by atoms with Crippen molar-refractivity contribution < 1.29 is 36.2 Å². The van der Waals surface area contributed by atoms with E-state index in [-0.39, 0.29) is 42.0 Å². The van der Waals surface area contributed by atoms with Crippen molar-refractivity contribution in [2.75, 3.05) is 38.0 Å². The Morgan fingerprint density at radius 3 is 2.58 bits per heavy atom. The Kier molecular flexibility index (Phi) is 8.81. The van der Waals surface area contributed by atoms with Gasteiger partial charge in [0, 0.05) is 26.7 Å². The van der Waals surface area contributed by atoms with E-state index in [9.17, 15) is 22.4 Å². The van der Waals surface area contributed by atoms with Gasteiger partial charge in [-0.1, -0.05) is 6.92 Å². The lowest BCUT2D eigenvalue weighted by atomic mass is 9.87. The zero-order chi connectivity index (χ0) is 32.7. The number of hydrogen-bond acceptors (Lipinski definition) is 8. The highest BCUT2D eigenvalue weighted by molar-refractivity contribution is 7.90. The molecule has 1 aromatic heterocycles. The van der Waals surface area contributed by atoms with Gasteiger partial charge < -0.3 is 19.1 Å². The number of nitrogens with one attached hydrogen (secondary N) is 1. The fourth-order valence-corrected chi connectivity index (χ4v) is 6.35. The fraction of sp³-hybridized carbons (Fsp3) is 0.500. The summed E-state index contributed by atoms with van der Waals surface area (Å²) in [5, 5.41) is 0.165. The molecule has 0 aliphatic carbocycles. The molecule has 45 heavy (non-hydrogen) atoms. The van der Waals surface area contributed by atoms with Crippen LogP contribution >= 0.6 is 0 Å². The molecule has 2 aliphatic rings. The molecule has 244 valence electrons. The molecule has 3 heterocycles. The summed E-state index contributed by atoms with van der Waals surface area (Å²) in [5.74, 6) is -3.19. The van der Waals surface area contributed by atoms with Gasteiger partial charge in [0.15, 0.2) is 11.6 Å². The Balaban J connectivity index is 1.34. The Morgan fingerprint density at radius 2 is 1.91 bits per heavy atom. The summed E-state index contributed by atoms with van der Waals surface area (Å²) in [5.41, 5.74) is -1.60. The van der Waals surface area contributed by atoms with Gasteiger partial charge in [-0.25, -0.2) is 18.6 Å². The van der Waals surface area contributed by atoms with Crippen molar-refractivity contribution >= 4 is 32.9 Å². The molecule has 1 N–H and O–H groups in total. The summed E-state index contributed by atoms with van der Waals surface area (Å²) < 4.78 is 76.5. The molecule has 2 aliphatic heterocycles. The lowest BCUT2D eigenvalue weighted by Gasteiger charge is -2.39. The van der Waals surface area contributed by atoms with E-state index < -0.39 is 44.5 Å². The van der Waals surface area contributed by atoms with E-state index in [1.165, 1.54) is 36.1 Å². The van der Waals surface area contributed by atoms with Crippen molar-refractivity contribution in [3.63, 3.8) is 0 Å². The summed E-state index contributed by atoms with van der Waals surface area (Å²) in [6.07, 6.45) is 2.83. The van der Waals surface area contributed by atoms with Crippen molar-refractivity contribution in [3.05, 3.63) is 58.6 Å². The second-order valence-electron chi connectivity index (χ2n) is 12.3. The number of ether oxygens (including phenoxy) is 3. The monoisotopic (exact) mass is 649 g/mol. The van der Waals surface area contributed by atoms with E-state index in [1.54, 1.807) is 11.8 Å². The van der Waals surface area contributed by atoms with Crippen LogP contribution in [-0.2, 0) is 19.7 Å². The molecule has 0 radical (unpaired) electrons. The molecular weight excluding hydrogens is 612 g/mol. The van der Waals surface area contributed by atoms with Gasteiger partial charge in [0.2, 0.25) is 5.75 Å². The minimum Gasteiger partial charge on any atom is -0.451 e. The smallest absolute Gasteiger partial charge is 0.410 e. The number of amides is 1. The number of piperidine rings is 1. The molecule has 2 fully saturated rings. The highest BCUT2D eigenvalue weighted by Crippen LogP contribution is 2.41. The number of hydrogen-bond donors (Lipinski definition) is 1. The maximum absolute atomic E-state index is 15.3. The number of carbonyl (C=O) groups excluding carboxylic acids is 1. The number of fused-ring (bicyclic) bond motifs is 1. The molecule has 2 saturated heterocycles. The number of nitrogens with zero attached hydrogens (tertiary/aromatic N) is 4. The van der Waals surface area contributed by atoms with E-state index in [4.69, 9.17) is 14.2 Å². The molecule has 1 spiro atoms. The van der Waals surface area contributed by atoms with Gasteiger partial charge in [-0.15, -0.1) is 0 Å². The lowest BCUT2D eigenvalue weighted by molar-refractivity contribution is -0.0486. The third-order valence-corrected chi connectivity index (χ3v) is 9.58. The lowest BCUT2D eigenvalue weighted by Crippen LogP contribution is -2.48. The Hall–Kier alpha value is -3.82. The SMILES string of the molecule is CCN(C)S(=O)(=O)Nc1ccc(F)c(Oc2ccc3ncn(C4COC5(CCN(C(=O)OC(C)(C)C)CC5)C4)c(=O)c3c2)c1F. The summed E-state index contributed by atoms with van der Waals surface area (Å²) in [6.45, 7) is 8.41. The third kappa shape index (κ3) is 6.89. The first-order chi connectivity index (χ1) is 21.1. The van der Waals surface area contributed by atoms with Gasteiger partial charge in [-0.3, -0.25) is 14.1 Å². The van der Waals surface area contributed by atoms with Crippen molar-refractivity contribution in [3.8, 4) is 11.5 Å². The third-order valence-electron chi connectivity index (χ3n) is 8.03. The van der Waals surface area contributed by atoms with Crippen molar-refractivity contribution in [1.29, 1.82) is 0 Å². The summed E-state index contributed by atoms with van der Waals surface area (Å²) in [7, 11) is -2.77. The normalized spacial score (nSPS) is 18.5.